The van der Waals surface area contributed by atoms with E-state index in [-0.39, 0.29) is 30.0 Å². The summed E-state index contributed by atoms with van der Waals surface area (Å²) < 4.78 is 38.1. The van der Waals surface area contributed by atoms with E-state index in [1.807, 2.05) is 0 Å². The number of rotatable bonds is 8. The van der Waals surface area contributed by atoms with Gasteiger partial charge in [0.15, 0.2) is 5.82 Å². The Morgan fingerprint density at radius 2 is 2.23 bits per heavy atom. The predicted molar refractivity (Wildman–Crippen MR) is 80.1 cm³/mol. The molecular formula is C13H21N3O5S. The first-order valence-corrected chi connectivity index (χ1v) is 8.76. The number of carbonyl (C=O) groups excluding carboxylic acids is 1. The summed E-state index contributed by atoms with van der Waals surface area (Å²) in [5, 5.41) is 3.98. The van der Waals surface area contributed by atoms with Crippen LogP contribution in [0.1, 0.15) is 30.3 Å². The molecule has 1 aliphatic carbocycles. The summed E-state index contributed by atoms with van der Waals surface area (Å²) in [5.74, 6) is -0.272. The molecule has 1 saturated carbocycles. The van der Waals surface area contributed by atoms with Gasteiger partial charge in [-0.3, -0.25) is 9.40 Å². The maximum Gasteiger partial charge on any atom is 0.356 e. The largest absolute Gasteiger partial charge is 0.461 e. The van der Waals surface area contributed by atoms with Crippen LogP contribution in [0.15, 0.2) is 6.07 Å². The van der Waals surface area contributed by atoms with Gasteiger partial charge in [-0.2, -0.15) is 5.10 Å². The summed E-state index contributed by atoms with van der Waals surface area (Å²) in [6.45, 7) is 1.93. The minimum Gasteiger partial charge on any atom is -0.461 e. The van der Waals surface area contributed by atoms with Crippen molar-refractivity contribution < 1.29 is 22.7 Å². The molecule has 1 aliphatic rings. The Bertz CT molecular complexity index is 636. The number of sulfonamides is 1. The lowest BCUT2D eigenvalue weighted by molar-refractivity contribution is 0.0513. The summed E-state index contributed by atoms with van der Waals surface area (Å²) in [6, 6.07) is 1.36. The topological polar surface area (TPSA) is 99.5 Å². The molecule has 0 aliphatic heterocycles. The molecule has 0 amide bonds. The first-order chi connectivity index (χ1) is 10.4. The Morgan fingerprint density at radius 3 is 2.77 bits per heavy atom. The Balaban J connectivity index is 2.06. The molecule has 1 fully saturated rings. The third kappa shape index (κ3) is 4.20. The second-order valence-corrected chi connectivity index (χ2v) is 7.02. The minimum atomic E-state index is -3.60. The number of hydrogen-bond donors (Lipinski definition) is 1. The summed E-state index contributed by atoms with van der Waals surface area (Å²) in [5.41, 5.74) is 0.185. The van der Waals surface area contributed by atoms with Crippen molar-refractivity contribution in [3.8, 4) is 0 Å². The smallest absolute Gasteiger partial charge is 0.356 e. The minimum absolute atomic E-state index is 0.0937. The van der Waals surface area contributed by atoms with Gasteiger partial charge in [0.2, 0.25) is 10.0 Å². The highest BCUT2D eigenvalue weighted by Gasteiger charge is 2.34. The van der Waals surface area contributed by atoms with E-state index in [4.69, 9.17) is 9.47 Å². The Morgan fingerprint density at radius 1 is 1.55 bits per heavy atom. The molecule has 2 rings (SSSR count). The molecule has 0 bridgehead atoms. The normalized spacial score (nSPS) is 16.3. The van der Waals surface area contributed by atoms with E-state index < -0.39 is 16.0 Å². The van der Waals surface area contributed by atoms with E-state index in [0.29, 0.717) is 5.92 Å². The number of ether oxygens (including phenoxy) is 2. The van der Waals surface area contributed by atoms with Gasteiger partial charge >= 0.3 is 5.97 Å². The van der Waals surface area contributed by atoms with E-state index in [1.54, 1.807) is 14.0 Å². The average Bonchev–Trinajstić information content (AvgIpc) is 3.20. The second-order valence-electron chi connectivity index (χ2n) is 5.25. The van der Waals surface area contributed by atoms with E-state index in [2.05, 4.69) is 9.82 Å². The van der Waals surface area contributed by atoms with Crippen LogP contribution in [-0.4, -0.2) is 49.7 Å². The first-order valence-electron chi connectivity index (χ1n) is 7.10. The fourth-order valence-electron chi connectivity index (χ4n) is 2.20. The molecule has 1 N–H and O–H groups in total. The SMILES string of the molecule is CCOC(=O)c1cc(NS(=O)(=O)CC(OC)C2CC2)nn1C. The molecule has 9 heteroatoms. The third-order valence-corrected chi connectivity index (χ3v) is 4.75. The van der Waals surface area contributed by atoms with Crippen LogP contribution in [0.4, 0.5) is 5.82 Å². The number of anilines is 1. The highest BCUT2D eigenvalue weighted by Crippen LogP contribution is 2.34. The number of methoxy groups -OCH3 is 1. The molecule has 1 atom stereocenters. The van der Waals surface area contributed by atoms with Gasteiger partial charge in [-0.1, -0.05) is 0 Å². The van der Waals surface area contributed by atoms with Crippen molar-refractivity contribution in [1.29, 1.82) is 0 Å². The van der Waals surface area contributed by atoms with Gasteiger partial charge in [0, 0.05) is 20.2 Å². The molecule has 0 radical (unpaired) electrons. The Labute approximate surface area is 129 Å². The molecule has 0 saturated heterocycles. The lowest BCUT2D eigenvalue weighted by Gasteiger charge is -2.14. The van der Waals surface area contributed by atoms with Gasteiger partial charge in [0.1, 0.15) is 5.69 Å². The number of aryl methyl sites for hydroxylation is 1. The highest BCUT2D eigenvalue weighted by molar-refractivity contribution is 7.92. The molecule has 124 valence electrons. The predicted octanol–water partition coefficient (Wildman–Crippen LogP) is 0.763. The average molecular weight is 331 g/mol. The van der Waals surface area contributed by atoms with Gasteiger partial charge in [0.25, 0.3) is 0 Å². The first kappa shape index (κ1) is 16.8. The maximum absolute atomic E-state index is 12.2. The van der Waals surface area contributed by atoms with Crippen LogP contribution in [-0.2, 0) is 26.5 Å². The monoisotopic (exact) mass is 331 g/mol. The lowest BCUT2D eigenvalue weighted by Crippen LogP contribution is -2.29. The molecule has 1 aromatic heterocycles. The zero-order valence-corrected chi connectivity index (χ0v) is 13.7. The number of nitrogens with one attached hydrogen (secondary N) is 1. The maximum atomic E-state index is 12.2. The van der Waals surface area contributed by atoms with E-state index in [1.165, 1.54) is 17.9 Å². The van der Waals surface area contributed by atoms with Crippen LogP contribution < -0.4 is 4.72 Å². The fourth-order valence-corrected chi connectivity index (χ4v) is 3.54. The summed E-state index contributed by atoms with van der Waals surface area (Å²) in [4.78, 5) is 11.7. The van der Waals surface area contributed by atoms with Crippen molar-refractivity contribution in [3.05, 3.63) is 11.8 Å². The van der Waals surface area contributed by atoms with Gasteiger partial charge < -0.3 is 9.47 Å². The molecule has 1 aromatic rings. The molecular weight excluding hydrogens is 310 g/mol. The van der Waals surface area contributed by atoms with E-state index in [9.17, 15) is 13.2 Å². The van der Waals surface area contributed by atoms with Crippen LogP contribution in [0.5, 0.6) is 0 Å². The molecule has 0 spiro atoms. The van der Waals surface area contributed by atoms with Gasteiger partial charge in [-0.25, -0.2) is 13.2 Å². The van der Waals surface area contributed by atoms with Crippen LogP contribution >= 0.6 is 0 Å². The van der Waals surface area contributed by atoms with Crippen molar-refractivity contribution in [3.63, 3.8) is 0 Å². The molecule has 0 aromatic carbocycles. The van der Waals surface area contributed by atoms with Crippen molar-refractivity contribution in [2.75, 3.05) is 24.2 Å². The lowest BCUT2D eigenvalue weighted by atomic mass is 10.3. The standard InChI is InChI=1S/C13H21N3O5S/c1-4-21-13(17)10-7-12(14-16(10)2)15-22(18,19)8-11(20-3)9-5-6-9/h7,9,11H,4-6,8H2,1-3H3,(H,14,15). The summed E-state index contributed by atoms with van der Waals surface area (Å²) in [7, 11) is -0.535. The van der Waals surface area contributed by atoms with Crippen LogP contribution in [0.25, 0.3) is 0 Å². The van der Waals surface area contributed by atoms with Crippen molar-refractivity contribution in [2.24, 2.45) is 13.0 Å². The number of esters is 1. The molecule has 1 unspecified atom stereocenters. The number of aromatic nitrogens is 2. The Hall–Kier alpha value is -1.61. The van der Waals surface area contributed by atoms with Crippen LogP contribution in [0.2, 0.25) is 0 Å². The van der Waals surface area contributed by atoms with Crippen LogP contribution in [0, 0.1) is 5.92 Å². The summed E-state index contributed by atoms with van der Waals surface area (Å²) in [6.07, 6.45) is 1.67. The quantitative estimate of drug-likeness (QED) is 0.706. The molecule has 1 heterocycles. The van der Waals surface area contributed by atoms with E-state index in [0.717, 1.165) is 12.8 Å². The third-order valence-electron chi connectivity index (χ3n) is 3.46. The van der Waals surface area contributed by atoms with E-state index >= 15 is 0 Å². The van der Waals surface area contributed by atoms with Gasteiger partial charge in [-0.15, -0.1) is 0 Å². The zero-order valence-electron chi connectivity index (χ0n) is 12.9. The van der Waals surface area contributed by atoms with Crippen molar-refractivity contribution >= 4 is 21.8 Å². The number of nitrogens with zero attached hydrogens (tertiary/aromatic N) is 2. The summed E-state index contributed by atoms with van der Waals surface area (Å²) >= 11 is 0. The number of carbonyl (C=O) groups is 1. The second kappa shape index (κ2) is 6.66. The number of hydrogen-bond acceptors (Lipinski definition) is 6. The molecule has 8 nitrogen and oxygen atoms in total. The fraction of sp³-hybridized carbons (Fsp3) is 0.692. The molecule has 22 heavy (non-hydrogen) atoms. The van der Waals surface area contributed by atoms with Crippen molar-refractivity contribution in [2.45, 2.75) is 25.9 Å². The highest BCUT2D eigenvalue weighted by atomic mass is 32.2. The zero-order chi connectivity index (χ0) is 16.3. The Kier molecular flexibility index (Phi) is 5.07. The van der Waals surface area contributed by atoms with Crippen molar-refractivity contribution in [1.82, 2.24) is 9.78 Å². The van der Waals surface area contributed by atoms with Gasteiger partial charge in [-0.05, 0) is 25.7 Å². The van der Waals surface area contributed by atoms with Gasteiger partial charge in [0.05, 0.1) is 18.5 Å². The van der Waals surface area contributed by atoms with Crippen LogP contribution in [0.3, 0.4) is 0 Å².